The molecule has 2 saturated carbocycles. The lowest BCUT2D eigenvalue weighted by Crippen LogP contribution is -2.34. The van der Waals surface area contributed by atoms with Crippen molar-refractivity contribution in [2.45, 2.75) is 84.5 Å². The van der Waals surface area contributed by atoms with Gasteiger partial charge in [-0.1, -0.05) is 50.7 Å². The molecule has 2 unspecified atom stereocenters. The Hall–Kier alpha value is -0.260. The van der Waals surface area contributed by atoms with Crippen molar-refractivity contribution in [2.75, 3.05) is 0 Å². The molecular formula is C18H30. The van der Waals surface area contributed by atoms with Gasteiger partial charge in [-0.15, -0.1) is 0 Å². The minimum absolute atomic E-state index is 0.582. The van der Waals surface area contributed by atoms with Gasteiger partial charge in [0.15, 0.2) is 0 Å². The largest absolute Gasteiger partial charge is 0.0676 e. The molecule has 0 spiro atoms. The number of allylic oxidation sites excluding steroid dienone is 2. The van der Waals surface area contributed by atoms with Crippen molar-refractivity contribution in [3.05, 3.63) is 11.1 Å². The molecule has 0 heteroatoms. The van der Waals surface area contributed by atoms with Gasteiger partial charge >= 0.3 is 0 Å². The molecule has 3 aliphatic carbocycles. The smallest absolute Gasteiger partial charge is 0.0149 e. The maximum Gasteiger partial charge on any atom is -0.0149 e. The molecule has 102 valence electrons. The molecule has 3 aliphatic rings. The van der Waals surface area contributed by atoms with Crippen LogP contribution in [-0.2, 0) is 0 Å². The maximum absolute atomic E-state index is 2.56. The third kappa shape index (κ3) is 2.28. The Bertz CT molecular complexity index is 334. The fraction of sp³-hybridized carbons (Fsp3) is 0.889. The van der Waals surface area contributed by atoms with E-state index < -0.39 is 0 Å². The first-order valence-corrected chi connectivity index (χ1v) is 8.40. The zero-order valence-corrected chi connectivity index (χ0v) is 12.4. The highest BCUT2D eigenvalue weighted by molar-refractivity contribution is 5.27. The van der Waals surface area contributed by atoms with Crippen LogP contribution in [0.25, 0.3) is 0 Å². The van der Waals surface area contributed by atoms with Crippen LogP contribution in [0.1, 0.15) is 84.5 Å². The van der Waals surface area contributed by atoms with Crippen molar-refractivity contribution in [3.63, 3.8) is 0 Å². The Morgan fingerprint density at radius 3 is 2.22 bits per heavy atom. The average molecular weight is 246 g/mol. The fourth-order valence-electron chi connectivity index (χ4n) is 5.12. The van der Waals surface area contributed by atoms with E-state index in [1.165, 1.54) is 70.6 Å². The molecule has 2 atom stereocenters. The predicted octanol–water partition coefficient (Wildman–Crippen LogP) is 5.87. The molecule has 0 aromatic rings. The molecule has 0 aromatic heterocycles. The number of hydrogen-bond donors (Lipinski definition) is 0. The van der Waals surface area contributed by atoms with Gasteiger partial charge in [-0.25, -0.2) is 0 Å². The van der Waals surface area contributed by atoms with Crippen LogP contribution in [0.4, 0.5) is 0 Å². The van der Waals surface area contributed by atoms with E-state index in [9.17, 15) is 0 Å². The van der Waals surface area contributed by atoms with Crippen LogP contribution >= 0.6 is 0 Å². The summed E-state index contributed by atoms with van der Waals surface area (Å²) in [4.78, 5) is 0. The van der Waals surface area contributed by atoms with E-state index >= 15 is 0 Å². The molecule has 2 fully saturated rings. The lowest BCUT2D eigenvalue weighted by Gasteiger charge is -2.45. The molecule has 0 aliphatic heterocycles. The van der Waals surface area contributed by atoms with Gasteiger partial charge in [0.05, 0.1) is 0 Å². The predicted molar refractivity (Wildman–Crippen MR) is 78.6 cm³/mol. The molecule has 0 heterocycles. The van der Waals surface area contributed by atoms with Crippen molar-refractivity contribution in [1.82, 2.24) is 0 Å². The molecule has 0 radical (unpaired) electrons. The fourth-order valence-corrected chi connectivity index (χ4v) is 5.12. The van der Waals surface area contributed by atoms with Crippen molar-refractivity contribution < 1.29 is 0 Å². The first-order valence-electron chi connectivity index (χ1n) is 8.40. The second-order valence-electron chi connectivity index (χ2n) is 7.69. The third-order valence-corrected chi connectivity index (χ3v) is 5.98. The molecule has 0 amide bonds. The minimum atomic E-state index is 0.582. The third-order valence-electron chi connectivity index (χ3n) is 5.98. The second kappa shape index (κ2) is 5.02. The van der Waals surface area contributed by atoms with E-state index in [-0.39, 0.29) is 0 Å². The van der Waals surface area contributed by atoms with E-state index in [1.807, 2.05) is 11.1 Å². The van der Waals surface area contributed by atoms with Crippen molar-refractivity contribution in [1.29, 1.82) is 0 Å². The highest BCUT2D eigenvalue weighted by atomic mass is 14.5. The lowest BCUT2D eigenvalue weighted by atomic mass is 9.60. The van der Waals surface area contributed by atoms with Crippen molar-refractivity contribution >= 4 is 0 Å². The maximum atomic E-state index is 2.56. The van der Waals surface area contributed by atoms with Gasteiger partial charge in [-0.2, -0.15) is 0 Å². The molecule has 0 bridgehead atoms. The van der Waals surface area contributed by atoms with Crippen LogP contribution < -0.4 is 0 Å². The Labute approximate surface area is 113 Å². The SMILES string of the molecule is CC1(C)CC2CCCCCC2=C2CCCCCC21. The Morgan fingerprint density at radius 2 is 1.44 bits per heavy atom. The number of fused-ring (bicyclic) bond motifs is 2. The Morgan fingerprint density at radius 1 is 0.778 bits per heavy atom. The molecule has 0 N–H and O–H groups in total. The summed E-state index contributed by atoms with van der Waals surface area (Å²) in [6, 6.07) is 0. The molecule has 0 saturated heterocycles. The highest BCUT2D eigenvalue weighted by Gasteiger charge is 2.41. The van der Waals surface area contributed by atoms with Gasteiger partial charge in [-0.05, 0) is 62.2 Å². The van der Waals surface area contributed by atoms with E-state index in [2.05, 4.69) is 13.8 Å². The molecule has 3 rings (SSSR count). The normalized spacial score (nSPS) is 36.3. The van der Waals surface area contributed by atoms with Crippen LogP contribution in [0, 0.1) is 17.3 Å². The summed E-state index contributed by atoms with van der Waals surface area (Å²) in [5.41, 5.74) is 4.49. The second-order valence-corrected chi connectivity index (χ2v) is 7.69. The Kier molecular flexibility index (Phi) is 3.56. The van der Waals surface area contributed by atoms with E-state index in [1.54, 1.807) is 0 Å². The molecule has 0 aromatic carbocycles. The minimum Gasteiger partial charge on any atom is -0.0676 e. The summed E-state index contributed by atoms with van der Waals surface area (Å²) in [7, 11) is 0. The van der Waals surface area contributed by atoms with Gasteiger partial charge in [0.25, 0.3) is 0 Å². The van der Waals surface area contributed by atoms with Gasteiger partial charge < -0.3 is 0 Å². The number of rotatable bonds is 0. The lowest BCUT2D eigenvalue weighted by molar-refractivity contribution is 0.160. The van der Waals surface area contributed by atoms with Gasteiger partial charge in [-0.3, -0.25) is 0 Å². The van der Waals surface area contributed by atoms with E-state index in [4.69, 9.17) is 0 Å². The van der Waals surface area contributed by atoms with E-state index in [0.29, 0.717) is 5.41 Å². The molecule has 0 nitrogen and oxygen atoms in total. The Balaban J connectivity index is 1.99. The van der Waals surface area contributed by atoms with Gasteiger partial charge in [0.2, 0.25) is 0 Å². The standard InChI is InChI=1S/C18H30/c1-18(2)13-14-9-5-3-6-10-15(14)16-11-7-4-8-12-17(16)18/h14,17H,3-13H2,1-2H3. The first-order chi connectivity index (χ1) is 8.68. The zero-order valence-electron chi connectivity index (χ0n) is 12.4. The molecular weight excluding hydrogens is 216 g/mol. The highest BCUT2D eigenvalue weighted by Crippen LogP contribution is 2.53. The summed E-state index contributed by atoms with van der Waals surface area (Å²) in [6.07, 6.45) is 16.2. The quantitative estimate of drug-likeness (QED) is 0.469. The number of hydrogen-bond acceptors (Lipinski definition) is 0. The summed E-state index contributed by atoms with van der Waals surface area (Å²) >= 11 is 0. The average Bonchev–Trinajstić information content (AvgIpc) is 2.67. The van der Waals surface area contributed by atoms with Crippen LogP contribution in [0.3, 0.4) is 0 Å². The summed E-state index contributed by atoms with van der Waals surface area (Å²) < 4.78 is 0. The zero-order chi connectivity index (χ0) is 12.6. The summed E-state index contributed by atoms with van der Waals surface area (Å²) in [5, 5.41) is 0. The first kappa shape index (κ1) is 12.8. The van der Waals surface area contributed by atoms with Crippen LogP contribution in [0.5, 0.6) is 0 Å². The van der Waals surface area contributed by atoms with Gasteiger partial charge in [0.1, 0.15) is 0 Å². The van der Waals surface area contributed by atoms with Crippen LogP contribution in [0.2, 0.25) is 0 Å². The monoisotopic (exact) mass is 246 g/mol. The molecule has 18 heavy (non-hydrogen) atoms. The van der Waals surface area contributed by atoms with Crippen LogP contribution in [-0.4, -0.2) is 0 Å². The topological polar surface area (TPSA) is 0 Å². The van der Waals surface area contributed by atoms with Crippen LogP contribution in [0.15, 0.2) is 11.1 Å². The summed E-state index contributed by atoms with van der Waals surface area (Å²) in [6.45, 7) is 5.12. The van der Waals surface area contributed by atoms with Crippen molar-refractivity contribution in [2.24, 2.45) is 17.3 Å². The van der Waals surface area contributed by atoms with E-state index in [0.717, 1.165) is 11.8 Å². The van der Waals surface area contributed by atoms with Gasteiger partial charge in [0, 0.05) is 0 Å². The summed E-state index contributed by atoms with van der Waals surface area (Å²) in [5.74, 6) is 1.90. The van der Waals surface area contributed by atoms with Crippen molar-refractivity contribution in [3.8, 4) is 0 Å².